The monoisotopic (exact) mass is 372 g/mol. The third-order valence-electron chi connectivity index (χ3n) is 4.08. The van der Waals surface area contributed by atoms with Crippen molar-refractivity contribution in [2.75, 3.05) is 11.1 Å². The van der Waals surface area contributed by atoms with Crippen molar-refractivity contribution >= 4 is 45.8 Å². The molecule has 130 valence electrons. The molecule has 0 saturated carbocycles. The van der Waals surface area contributed by atoms with Crippen LogP contribution in [-0.4, -0.2) is 22.5 Å². The van der Waals surface area contributed by atoms with Gasteiger partial charge in [-0.1, -0.05) is 30.7 Å². The summed E-state index contributed by atoms with van der Waals surface area (Å²) in [6.45, 7) is 6.18. The minimum Gasteiger partial charge on any atom is -0.324 e. The molecule has 3 rings (SSSR count). The average molecular weight is 373 g/mol. The molecular formula is C19H21ClN4S. The fraction of sp³-hybridized carbons (Fsp3) is 0.316. The molecule has 25 heavy (non-hydrogen) atoms. The second-order valence-corrected chi connectivity index (χ2v) is 7.44. The zero-order valence-electron chi connectivity index (χ0n) is 14.6. The van der Waals surface area contributed by atoms with Crippen molar-refractivity contribution in [3.63, 3.8) is 0 Å². The van der Waals surface area contributed by atoms with E-state index in [2.05, 4.69) is 22.2 Å². The molecule has 1 aromatic rings. The zero-order valence-corrected chi connectivity index (χ0v) is 16.2. The molecule has 0 amide bonds. The Labute approximate surface area is 157 Å². The van der Waals surface area contributed by atoms with Crippen molar-refractivity contribution in [3.8, 4) is 0 Å². The topological polar surface area (TPSA) is 49.1 Å². The SMILES string of the molecule is CCc1ccc(NC2=NC=CCC(C3=C(C)N=C(C)SC3)=N2)cc1Cl. The van der Waals surface area contributed by atoms with Crippen molar-refractivity contribution < 1.29 is 0 Å². The number of guanidine groups is 1. The number of halogens is 1. The summed E-state index contributed by atoms with van der Waals surface area (Å²) in [5.41, 5.74) is 5.26. The van der Waals surface area contributed by atoms with Crippen molar-refractivity contribution in [1.29, 1.82) is 0 Å². The van der Waals surface area contributed by atoms with Crippen LogP contribution in [0.15, 0.2) is 56.7 Å². The lowest BCUT2D eigenvalue weighted by Crippen LogP contribution is -2.16. The Morgan fingerprint density at radius 1 is 1.24 bits per heavy atom. The van der Waals surface area contributed by atoms with E-state index in [1.165, 1.54) is 5.57 Å². The van der Waals surface area contributed by atoms with E-state index in [4.69, 9.17) is 16.6 Å². The Morgan fingerprint density at radius 2 is 2.08 bits per heavy atom. The molecule has 0 radical (unpaired) electrons. The highest BCUT2D eigenvalue weighted by Crippen LogP contribution is 2.25. The van der Waals surface area contributed by atoms with Gasteiger partial charge in [0.25, 0.3) is 0 Å². The van der Waals surface area contributed by atoms with Gasteiger partial charge in [-0.15, -0.1) is 11.8 Å². The molecule has 6 heteroatoms. The number of hydrogen-bond acceptors (Lipinski definition) is 5. The quantitative estimate of drug-likeness (QED) is 0.764. The number of aryl methyl sites for hydroxylation is 1. The van der Waals surface area contributed by atoms with E-state index in [0.717, 1.165) is 51.3 Å². The Morgan fingerprint density at radius 3 is 2.80 bits per heavy atom. The predicted molar refractivity (Wildman–Crippen MR) is 111 cm³/mol. The van der Waals surface area contributed by atoms with E-state index < -0.39 is 0 Å². The van der Waals surface area contributed by atoms with E-state index in [-0.39, 0.29) is 0 Å². The van der Waals surface area contributed by atoms with Crippen molar-refractivity contribution in [3.05, 3.63) is 52.3 Å². The second kappa shape index (κ2) is 8.02. The molecule has 4 nitrogen and oxygen atoms in total. The summed E-state index contributed by atoms with van der Waals surface area (Å²) in [5.74, 6) is 1.47. The van der Waals surface area contributed by atoms with Gasteiger partial charge in [0.05, 0.1) is 10.8 Å². The molecule has 0 aromatic heterocycles. The van der Waals surface area contributed by atoms with Crippen LogP contribution in [0.3, 0.4) is 0 Å². The van der Waals surface area contributed by atoms with E-state index >= 15 is 0 Å². The summed E-state index contributed by atoms with van der Waals surface area (Å²) in [6, 6.07) is 5.96. The van der Waals surface area contributed by atoms with Gasteiger partial charge in [-0.2, -0.15) is 0 Å². The number of thioether (sulfide) groups is 1. The summed E-state index contributed by atoms with van der Waals surface area (Å²) >= 11 is 8.06. The standard InChI is InChI=1S/C19H21ClN4S/c1-4-14-7-8-15(10-17(14)20)23-19-21-9-5-6-18(24-19)16-11-25-13(3)22-12(16)2/h5,7-10H,4,6,11H2,1-3H3,(H,21,23). The lowest BCUT2D eigenvalue weighted by atomic mass is 10.1. The fourth-order valence-corrected chi connectivity index (χ4v) is 3.94. The van der Waals surface area contributed by atoms with Crippen LogP contribution in [0.5, 0.6) is 0 Å². The summed E-state index contributed by atoms with van der Waals surface area (Å²) in [7, 11) is 0. The Hall–Kier alpha value is -1.85. The number of nitrogens with one attached hydrogen (secondary N) is 1. The summed E-state index contributed by atoms with van der Waals surface area (Å²) in [4.78, 5) is 13.7. The molecular weight excluding hydrogens is 352 g/mol. The molecule has 0 fully saturated rings. The lowest BCUT2D eigenvalue weighted by Gasteiger charge is -2.16. The number of anilines is 1. The van der Waals surface area contributed by atoms with Crippen LogP contribution in [0.1, 0.15) is 32.8 Å². The highest BCUT2D eigenvalue weighted by Gasteiger charge is 2.17. The van der Waals surface area contributed by atoms with E-state index in [1.54, 1.807) is 18.0 Å². The smallest absolute Gasteiger partial charge is 0.227 e. The zero-order chi connectivity index (χ0) is 17.8. The fourth-order valence-electron chi connectivity index (χ4n) is 2.69. The molecule has 0 aliphatic carbocycles. The first-order valence-electron chi connectivity index (χ1n) is 8.31. The predicted octanol–water partition coefficient (Wildman–Crippen LogP) is 5.47. The number of rotatable bonds is 3. The maximum Gasteiger partial charge on any atom is 0.227 e. The van der Waals surface area contributed by atoms with Gasteiger partial charge in [-0.05, 0) is 38.0 Å². The Balaban J connectivity index is 1.86. The first-order valence-corrected chi connectivity index (χ1v) is 9.67. The van der Waals surface area contributed by atoms with Gasteiger partial charge >= 0.3 is 0 Å². The molecule has 0 unspecified atom stereocenters. The molecule has 0 atom stereocenters. The normalized spacial score (nSPS) is 17.7. The molecule has 0 spiro atoms. The first-order chi connectivity index (χ1) is 12.1. The van der Waals surface area contributed by atoms with Crippen LogP contribution < -0.4 is 5.32 Å². The minimum absolute atomic E-state index is 0.570. The van der Waals surface area contributed by atoms with E-state index in [0.29, 0.717) is 5.96 Å². The van der Waals surface area contributed by atoms with Crippen LogP contribution in [-0.2, 0) is 6.42 Å². The van der Waals surface area contributed by atoms with E-state index in [1.807, 2.05) is 38.1 Å². The number of hydrogen-bond donors (Lipinski definition) is 1. The van der Waals surface area contributed by atoms with E-state index in [9.17, 15) is 0 Å². The van der Waals surface area contributed by atoms with Crippen LogP contribution >= 0.6 is 23.4 Å². The number of aliphatic imine (C=N–C) groups is 3. The van der Waals surface area contributed by atoms with Crippen molar-refractivity contribution in [2.24, 2.45) is 15.0 Å². The van der Waals surface area contributed by atoms with Gasteiger partial charge in [-0.25, -0.2) is 9.98 Å². The van der Waals surface area contributed by atoms with Crippen LogP contribution in [0.2, 0.25) is 5.02 Å². The van der Waals surface area contributed by atoms with Gasteiger partial charge in [0.15, 0.2) is 0 Å². The largest absolute Gasteiger partial charge is 0.324 e. The third kappa shape index (κ3) is 4.41. The number of benzene rings is 1. The highest BCUT2D eigenvalue weighted by molar-refractivity contribution is 8.14. The summed E-state index contributed by atoms with van der Waals surface area (Å²) in [5, 5.41) is 5.13. The van der Waals surface area contributed by atoms with Crippen LogP contribution in [0.25, 0.3) is 0 Å². The van der Waals surface area contributed by atoms with Gasteiger partial charge in [0.2, 0.25) is 5.96 Å². The summed E-state index contributed by atoms with van der Waals surface area (Å²) < 4.78 is 0. The highest BCUT2D eigenvalue weighted by atomic mass is 35.5. The molecule has 2 aliphatic heterocycles. The van der Waals surface area contributed by atoms with Gasteiger partial charge in [0.1, 0.15) is 0 Å². The molecule has 1 N–H and O–H groups in total. The van der Waals surface area contributed by atoms with Crippen LogP contribution in [0.4, 0.5) is 5.69 Å². The van der Waals surface area contributed by atoms with Gasteiger partial charge in [-0.3, -0.25) is 4.99 Å². The second-order valence-electron chi connectivity index (χ2n) is 5.87. The maximum absolute atomic E-state index is 6.31. The average Bonchev–Trinajstić information content (AvgIpc) is 2.80. The van der Waals surface area contributed by atoms with Crippen molar-refractivity contribution in [1.82, 2.24) is 0 Å². The number of nitrogens with zero attached hydrogens (tertiary/aromatic N) is 3. The van der Waals surface area contributed by atoms with Crippen LogP contribution in [0, 0.1) is 0 Å². The molecule has 2 aliphatic rings. The van der Waals surface area contributed by atoms with Crippen molar-refractivity contribution in [2.45, 2.75) is 33.6 Å². The molecule has 2 heterocycles. The minimum atomic E-state index is 0.570. The van der Waals surface area contributed by atoms with Gasteiger partial charge in [0, 0.05) is 40.4 Å². The summed E-state index contributed by atoms with van der Waals surface area (Å²) in [6.07, 6.45) is 5.49. The maximum atomic E-state index is 6.31. The lowest BCUT2D eigenvalue weighted by molar-refractivity contribution is 1.14. The molecule has 1 aromatic carbocycles. The Bertz CT molecular complexity index is 834. The van der Waals surface area contributed by atoms with Gasteiger partial charge < -0.3 is 5.32 Å². The Kier molecular flexibility index (Phi) is 5.76. The molecule has 0 bridgehead atoms. The third-order valence-corrected chi connectivity index (χ3v) is 5.37. The molecule has 0 saturated heterocycles. The number of allylic oxidation sites excluding steroid dienone is 2. The first kappa shape index (κ1) is 18.0.